The summed E-state index contributed by atoms with van der Waals surface area (Å²) in [6, 6.07) is 5.90. The number of hydrogen-bond acceptors (Lipinski definition) is 4. The quantitative estimate of drug-likeness (QED) is 0.832. The second kappa shape index (κ2) is 8.26. The zero-order valence-electron chi connectivity index (χ0n) is 10.9. The molecule has 1 heterocycles. The summed E-state index contributed by atoms with van der Waals surface area (Å²) in [4.78, 5) is 21.7. The van der Waals surface area contributed by atoms with Crippen molar-refractivity contribution < 1.29 is 24.2 Å². The van der Waals surface area contributed by atoms with Crippen molar-refractivity contribution in [3.63, 3.8) is 0 Å². The topological polar surface area (TPSA) is 72.8 Å². The van der Waals surface area contributed by atoms with E-state index in [1.54, 1.807) is 12.1 Å². The van der Waals surface area contributed by atoms with E-state index >= 15 is 0 Å². The van der Waals surface area contributed by atoms with E-state index in [9.17, 15) is 9.59 Å². The monoisotopic (exact) mass is 266 g/mol. The third kappa shape index (κ3) is 5.09. The molecule has 1 aromatic rings. The van der Waals surface area contributed by atoms with Gasteiger partial charge in [-0.05, 0) is 31.4 Å². The molecule has 5 heteroatoms. The Kier molecular flexibility index (Phi) is 6.60. The molecule has 1 N–H and O–H groups in total. The maximum Gasteiger partial charge on any atom is 0.338 e. The van der Waals surface area contributed by atoms with Crippen molar-refractivity contribution in [1.29, 1.82) is 0 Å². The third-order valence-electron chi connectivity index (χ3n) is 2.64. The molecule has 0 aromatic heterocycles. The first-order valence-corrected chi connectivity index (χ1v) is 6.15. The smallest absolute Gasteiger partial charge is 0.338 e. The SMILES string of the molecule is C1CCOCC1.COC(=O)c1ccccc1C(=O)O. The zero-order valence-corrected chi connectivity index (χ0v) is 10.9. The average molecular weight is 266 g/mol. The van der Waals surface area contributed by atoms with Gasteiger partial charge >= 0.3 is 11.9 Å². The van der Waals surface area contributed by atoms with Crippen LogP contribution in [0.25, 0.3) is 0 Å². The largest absolute Gasteiger partial charge is 0.478 e. The first-order chi connectivity index (χ1) is 9.16. The van der Waals surface area contributed by atoms with Crippen molar-refractivity contribution in [2.45, 2.75) is 19.3 Å². The molecule has 1 aromatic carbocycles. The molecule has 2 rings (SSSR count). The number of esters is 1. The third-order valence-corrected chi connectivity index (χ3v) is 2.64. The van der Waals surface area contributed by atoms with Gasteiger partial charge in [0.1, 0.15) is 0 Å². The number of carboxylic acids is 1. The van der Waals surface area contributed by atoms with Crippen LogP contribution >= 0.6 is 0 Å². The Morgan fingerprint density at radius 3 is 2.05 bits per heavy atom. The average Bonchev–Trinajstić information content (AvgIpc) is 2.48. The van der Waals surface area contributed by atoms with Crippen LogP contribution in [-0.4, -0.2) is 37.4 Å². The summed E-state index contributed by atoms with van der Waals surface area (Å²) in [6.07, 6.45) is 3.93. The minimum absolute atomic E-state index is 0.0469. The van der Waals surface area contributed by atoms with Gasteiger partial charge in [0.25, 0.3) is 0 Å². The van der Waals surface area contributed by atoms with E-state index in [1.807, 2.05) is 0 Å². The maximum atomic E-state index is 11.1. The number of ether oxygens (including phenoxy) is 2. The molecule has 19 heavy (non-hydrogen) atoms. The van der Waals surface area contributed by atoms with Gasteiger partial charge < -0.3 is 14.6 Å². The molecule has 0 unspecified atom stereocenters. The molecule has 0 amide bonds. The highest BCUT2D eigenvalue weighted by atomic mass is 16.5. The van der Waals surface area contributed by atoms with E-state index in [0.717, 1.165) is 13.2 Å². The van der Waals surface area contributed by atoms with Gasteiger partial charge in [0.05, 0.1) is 18.2 Å². The molecule has 5 nitrogen and oxygen atoms in total. The lowest BCUT2D eigenvalue weighted by molar-refractivity contribution is 0.0582. The van der Waals surface area contributed by atoms with Gasteiger partial charge in [-0.25, -0.2) is 9.59 Å². The molecule has 0 spiro atoms. The van der Waals surface area contributed by atoms with Gasteiger partial charge in [-0.2, -0.15) is 0 Å². The minimum Gasteiger partial charge on any atom is -0.478 e. The molecule has 0 atom stereocenters. The zero-order chi connectivity index (χ0) is 14.1. The summed E-state index contributed by atoms with van der Waals surface area (Å²) in [5.41, 5.74) is 0.0202. The second-order valence-electron chi connectivity index (χ2n) is 4.02. The maximum absolute atomic E-state index is 11.1. The van der Waals surface area contributed by atoms with Gasteiger partial charge in [0, 0.05) is 13.2 Å². The van der Waals surface area contributed by atoms with Gasteiger partial charge in [-0.15, -0.1) is 0 Å². The molecular formula is C14H18O5. The molecule has 1 aliphatic heterocycles. The van der Waals surface area contributed by atoms with E-state index in [0.29, 0.717) is 0 Å². The summed E-state index contributed by atoms with van der Waals surface area (Å²) in [7, 11) is 1.21. The van der Waals surface area contributed by atoms with E-state index < -0.39 is 11.9 Å². The first-order valence-electron chi connectivity index (χ1n) is 6.15. The number of hydrogen-bond donors (Lipinski definition) is 1. The number of benzene rings is 1. The fourth-order valence-corrected chi connectivity index (χ4v) is 1.64. The minimum atomic E-state index is -1.14. The summed E-state index contributed by atoms with van der Waals surface area (Å²) in [5, 5.41) is 8.70. The van der Waals surface area contributed by atoms with Gasteiger partial charge in [0.2, 0.25) is 0 Å². The molecule has 1 fully saturated rings. The van der Waals surface area contributed by atoms with Crippen molar-refractivity contribution in [3.8, 4) is 0 Å². The molecule has 0 bridgehead atoms. The number of carboxylic acid groups (broad SMARTS) is 1. The number of methoxy groups -OCH3 is 1. The Morgan fingerprint density at radius 2 is 1.68 bits per heavy atom. The van der Waals surface area contributed by atoms with Crippen LogP contribution in [-0.2, 0) is 9.47 Å². The van der Waals surface area contributed by atoms with Gasteiger partial charge in [-0.1, -0.05) is 12.1 Å². The Balaban J connectivity index is 0.000000250. The molecule has 1 aliphatic rings. The Morgan fingerprint density at radius 1 is 1.11 bits per heavy atom. The van der Waals surface area contributed by atoms with E-state index in [4.69, 9.17) is 9.84 Å². The first kappa shape index (κ1) is 15.2. The van der Waals surface area contributed by atoms with Crippen molar-refractivity contribution in [1.82, 2.24) is 0 Å². The fraction of sp³-hybridized carbons (Fsp3) is 0.429. The van der Waals surface area contributed by atoms with Crippen LogP contribution in [0.15, 0.2) is 24.3 Å². The van der Waals surface area contributed by atoms with Crippen molar-refractivity contribution >= 4 is 11.9 Å². The van der Waals surface area contributed by atoms with Gasteiger partial charge in [-0.3, -0.25) is 0 Å². The normalized spacial score (nSPS) is 13.9. The Bertz CT molecular complexity index is 412. The van der Waals surface area contributed by atoms with Crippen molar-refractivity contribution in [2.75, 3.05) is 20.3 Å². The molecule has 104 valence electrons. The van der Waals surface area contributed by atoms with Crippen molar-refractivity contribution in [3.05, 3.63) is 35.4 Å². The molecule has 0 aliphatic carbocycles. The standard InChI is InChI=1S/C9H8O4.C5H10O/c1-13-9(12)7-5-3-2-4-6(7)8(10)11;1-2-4-6-5-3-1/h2-5H,1H3,(H,10,11);1-5H2. The van der Waals surface area contributed by atoms with Crippen LogP contribution in [0.4, 0.5) is 0 Å². The Hall–Kier alpha value is -1.88. The number of rotatable bonds is 2. The summed E-state index contributed by atoms with van der Waals surface area (Å²) >= 11 is 0. The van der Waals surface area contributed by atoms with E-state index in [2.05, 4.69) is 4.74 Å². The van der Waals surface area contributed by atoms with E-state index in [1.165, 1.54) is 38.5 Å². The molecular weight excluding hydrogens is 248 g/mol. The predicted molar refractivity (Wildman–Crippen MR) is 69.4 cm³/mol. The Labute approximate surface area is 112 Å². The lowest BCUT2D eigenvalue weighted by Gasteiger charge is -2.08. The number of aromatic carboxylic acids is 1. The highest BCUT2D eigenvalue weighted by Crippen LogP contribution is 2.09. The number of carbonyl (C=O) groups is 2. The van der Waals surface area contributed by atoms with Crippen molar-refractivity contribution in [2.24, 2.45) is 0 Å². The highest BCUT2D eigenvalue weighted by Gasteiger charge is 2.15. The summed E-state index contributed by atoms with van der Waals surface area (Å²) in [6.45, 7) is 2.00. The van der Waals surface area contributed by atoms with Crippen LogP contribution in [0.3, 0.4) is 0 Å². The van der Waals surface area contributed by atoms with Gasteiger partial charge in [0.15, 0.2) is 0 Å². The summed E-state index contributed by atoms with van der Waals surface area (Å²) in [5.74, 6) is -1.78. The molecule has 0 saturated carbocycles. The second-order valence-corrected chi connectivity index (χ2v) is 4.02. The van der Waals surface area contributed by atoms with Crippen LogP contribution < -0.4 is 0 Å². The lowest BCUT2D eigenvalue weighted by atomic mass is 10.1. The highest BCUT2D eigenvalue weighted by molar-refractivity contribution is 6.02. The molecule has 1 saturated heterocycles. The van der Waals surface area contributed by atoms with Crippen LogP contribution in [0.5, 0.6) is 0 Å². The van der Waals surface area contributed by atoms with Crippen LogP contribution in [0.1, 0.15) is 40.0 Å². The lowest BCUT2D eigenvalue weighted by Crippen LogP contribution is -2.09. The number of carbonyl (C=O) groups excluding carboxylic acids is 1. The van der Waals surface area contributed by atoms with Crippen LogP contribution in [0.2, 0.25) is 0 Å². The van der Waals surface area contributed by atoms with Crippen LogP contribution in [0, 0.1) is 0 Å². The predicted octanol–water partition coefficient (Wildman–Crippen LogP) is 2.36. The summed E-state index contributed by atoms with van der Waals surface area (Å²) < 4.78 is 9.49. The van der Waals surface area contributed by atoms with E-state index in [-0.39, 0.29) is 11.1 Å². The molecule has 0 radical (unpaired) electrons. The fourth-order valence-electron chi connectivity index (χ4n) is 1.64.